The number of halogens is 1. The summed E-state index contributed by atoms with van der Waals surface area (Å²) in [6.07, 6.45) is 2.59. The number of ether oxygens (including phenoxy) is 1. The number of carbonyl (C=O) groups is 1. The van der Waals surface area contributed by atoms with Crippen molar-refractivity contribution in [2.75, 3.05) is 31.0 Å². The Morgan fingerprint density at radius 1 is 1.26 bits per heavy atom. The number of hydrogen-bond donors (Lipinski definition) is 2. The summed E-state index contributed by atoms with van der Waals surface area (Å²) >= 11 is 0. The molecule has 9 heteroatoms. The third-order valence-corrected chi connectivity index (χ3v) is 7.88. The Kier molecular flexibility index (Phi) is 6.69. The molecule has 1 fully saturated rings. The number of aromatic carboxylic acids is 1. The number of nitrogens with zero attached hydrogens (tertiary/aromatic N) is 1. The molecular formula is C25H29FN2O5S. The van der Waals surface area contributed by atoms with E-state index in [9.17, 15) is 22.7 Å². The molecule has 7 nitrogen and oxygen atoms in total. The van der Waals surface area contributed by atoms with Gasteiger partial charge in [-0.25, -0.2) is 17.6 Å². The van der Waals surface area contributed by atoms with E-state index < -0.39 is 21.8 Å². The van der Waals surface area contributed by atoms with E-state index in [1.807, 2.05) is 20.8 Å². The number of benzene rings is 2. The Morgan fingerprint density at radius 3 is 2.68 bits per heavy atom. The van der Waals surface area contributed by atoms with Crippen molar-refractivity contribution in [2.24, 2.45) is 5.92 Å². The van der Waals surface area contributed by atoms with Gasteiger partial charge < -0.3 is 9.84 Å². The van der Waals surface area contributed by atoms with Crippen molar-refractivity contribution in [3.63, 3.8) is 0 Å². The van der Waals surface area contributed by atoms with E-state index in [1.54, 1.807) is 12.1 Å². The number of nitrogens with one attached hydrogen (secondary N) is 1. The van der Waals surface area contributed by atoms with Crippen LogP contribution >= 0.6 is 0 Å². The lowest BCUT2D eigenvalue weighted by atomic mass is 10.0. The van der Waals surface area contributed by atoms with Crippen LogP contribution in [0.25, 0.3) is 6.08 Å². The molecule has 0 saturated heterocycles. The van der Waals surface area contributed by atoms with Crippen LogP contribution in [0.3, 0.4) is 0 Å². The van der Waals surface area contributed by atoms with Gasteiger partial charge in [0, 0.05) is 12.5 Å². The van der Waals surface area contributed by atoms with Gasteiger partial charge in [-0.1, -0.05) is 31.6 Å². The van der Waals surface area contributed by atoms with Gasteiger partial charge in [-0.2, -0.15) is 0 Å². The maximum atomic E-state index is 14.1. The number of sulfonamides is 1. The molecule has 34 heavy (non-hydrogen) atoms. The summed E-state index contributed by atoms with van der Waals surface area (Å²) < 4.78 is 48.9. The molecule has 0 aromatic heterocycles. The highest BCUT2D eigenvalue weighted by Crippen LogP contribution is 2.55. The predicted octanol–water partition coefficient (Wildman–Crippen LogP) is 4.57. The fraction of sp³-hybridized carbons (Fsp3) is 0.400. The molecule has 0 radical (unpaired) electrons. The Balaban J connectivity index is 1.71. The second-order valence-corrected chi connectivity index (χ2v) is 10.5. The van der Waals surface area contributed by atoms with Gasteiger partial charge in [0.2, 0.25) is 0 Å². The molecule has 182 valence electrons. The van der Waals surface area contributed by atoms with E-state index in [0.717, 1.165) is 36.7 Å². The van der Waals surface area contributed by atoms with E-state index in [2.05, 4.69) is 9.62 Å². The number of carboxylic acid groups (broad SMARTS) is 1. The number of rotatable bonds is 9. The minimum absolute atomic E-state index is 0.0792. The summed E-state index contributed by atoms with van der Waals surface area (Å²) in [6.45, 7) is 8.63. The molecule has 2 N–H and O–H groups in total. The van der Waals surface area contributed by atoms with Gasteiger partial charge in [0.25, 0.3) is 10.0 Å². The minimum Gasteiger partial charge on any atom is -0.492 e. The van der Waals surface area contributed by atoms with Crippen LogP contribution in [0.5, 0.6) is 5.75 Å². The molecule has 0 unspecified atom stereocenters. The maximum Gasteiger partial charge on any atom is 0.341 e. The molecule has 4 rings (SSSR count). The van der Waals surface area contributed by atoms with Crippen LogP contribution in [-0.2, 0) is 10.0 Å². The van der Waals surface area contributed by atoms with Crippen LogP contribution in [-0.4, -0.2) is 50.6 Å². The SMILES string of the molecule is CCN(CC)C/C(C)=C\c1cc(F)ccc1S(=O)(=O)Nc1ccc2c(c1C(=O)O)OC[C@@H]1C[C@H]21. The van der Waals surface area contributed by atoms with Gasteiger partial charge >= 0.3 is 5.97 Å². The number of fused-ring (bicyclic) bond motifs is 3. The highest BCUT2D eigenvalue weighted by Gasteiger charge is 2.45. The van der Waals surface area contributed by atoms with E-state index in [0.29, 0.717) is 19.1 Å². The predicted molar refractivity (Wildman–Crippen MR) is 128 cm³/mol. The summed E-state index contributed by atoms with van der Waals surface area (Å²) in [5.41, 5.74) is 1.59. The third kappa shape index (κ3) is 4.81. The first-order chi connectivity index (χ1) is 16.1. The average molecular weight is 489 g/mol. The zero-order valence-electron chi connectivity index (χ0n) is 19.5. The number of carboxylic acids is 1. The molecule has 2 aliphatic rings. The van der Waals surface area contributed by atoms with Crippen LogP contribution in [0.4, 0.5) is 10.1 Å². The fourth-order valence-electron chi connectivity index (χ4n) is 4.53. The van der Waals surface area contributed by atoms with Gasteiger partial charge in [-0.15, -0.1) is 0 Å². The number of likely N-dealkylation sites (N-methyl/N-ethyl adjacent to an activating group) is 1. The fourth-order valence-corrected chi connectivity index (χ4v) is 5.78. The van der Waals surface area contributed by atoms with Crippen LogP contribution < -0.4 is 9.46 Å². The largest absolute Gasteiger partial charge is 0.492 e. The van der Waals surface area contributed by atoms with E-state index >= 15 is 0 Å². The summed E-state index contributed by atoms with van der Waals surface area (Å²) in [4.78, 5) is 14.1. The van der Waals surface area contributed by atoms with Crippen LogP contribution in [0, 0.1) is 11.7 Å². The molecule has 0 bridgehead atoms. The number of hydrogen-bond acceptors (Lipinski definition) is 5. The summed E-state index contributed by atoms with van der Waals surface area (Å²) in [7, 11) is -4.23. The molecule has 0 spiro atoms. The Labute approximate surface area is 199 Å². The highest BCUT2D eigenvalue weighted by molar-refractivity contribution is 7.92. The van der Waals surface area contributed by atoms with Crippen molar-refractivity contribution < 1.29 is 27.4 Å². The zero-order valence-corrected chi connectivity index (χ0v) is 20.3. The van der Waals surface area contributed by atoms with Crippen molar-refractivity contribution in [3.05, 3.63) is 58.4 Å². The van der Waals surface area contributed by atoms with Crippen molar-refractivity contribution in [1.82, 2.24) is 4.90 Å². The van der Waals surface area contributed by atoms with Gasteiger partial charge in [0.15, 0.2) is 0 Å². The lowest BCUT2D eigenvalue weighted by Crippen LogP contribution is -2.24. The maximum absolute atomic E-state index is 14.1. The van der Waals surface area contributed by atoms with Gasteiger partial charge in [0.05, 0.1) is 17.2 Å². The summed E-state index contributed by atoms with van der Waals surface area (Å²) in [5.74, 6) is -0.961. The van der Waals surface area contributed by atoms with Crippen molar-refractivity contribution in [3.8, 4) is 5.75 Å². The average Bonchev–Trinajstić information content (AvgIpc) is 3.56. The first-order valence-electron chi connectivity index (χ1n) is 11.4. The van der Waals surface area contributed by atoms with Crippen molar-refractivity contribution in [2.45, 2.75) is 38.0 Å². The third-order valence-electron chi connectivity index (χ3n) is 6.44. The minimum atomic E-state index is -4.23. The zero-order chi connectivity index (χ0) is 24.6. The molecule has 2 atom stereocenters. The highest BCUT2D eigenvalue weighted by atomic mass is 32.2. The lowest BCUT2D eigenvalue weighted by Gasteiger charge is -2.21. The first kappa shape index (κ1) is 24.2. The van der Waals surface area contributed by atoms with Gasteiger partial charge in [-0.3, -0.25) is 9.62 Å². The quantitative estimate of drug-likeness (QED) is 0.537. The summed E-state index contributed by atoms with van der Waals surface area (Å²) in [5, 5.41) is 9.85. The smallest absolute Gasteiger partial charge is 0.341 e. The Morgan fingerprint density at radius 2 is 2.00 bits per heavy atom. The standard InChI is InChI=1S/C25H29FN2O5S/c1-4-28(5-2)13-15(3)10-16-11-18(26)6-9-22(16)34(31,32)27-21-8-7-19-20-12-17(20)14-33-24(19)23(21)25(29)30/h6-11,17,20,27H,4-5,12-14H2,1-3H3,(H,29,30)/b15-10-/t17-,20-/m0/s1. The second kappa shape index (κ2) is 9.38. The van der Waals surface area contributed by atoms with Crippen molar-refractivity contribution >= 4 is 27.8 Å². The normalized spacial score (nSPS) is 19.3. The van der Waals surface area contributed by atoms with Crippen LogP contribution in [0.15, 0.2) is 40.8 Å². The summed E-state index contributed by atoms with van der Waals surface area (Å²) in [6, 6.07) is 6.63. The molecule has 1 aliphatic carbocycles. The molecule has 1 aliphatic heterocycles. The van der Waals surface area contributed by atoms with E-state index in [-0.39, 0.29) is 33.4 Å². The number of anilines is 1. The van der Waals surface area contributed by atoms with E-state index in [1.165, 1.54) is 18.2 Å². The molecule has 1 heterocycles. The van der Waals surface area contributed by atoms with E-state index in [4.69, 9.17) is 4.74 Å². The molecule has 2 aromatic carbocycles. The lowest BCUT2D eigenvalue weighted by molar-refractivity contribution is 0.0692. The topological polar surface area (TPSA) is 95.9 Å². The Bertz CT molecular complexity index is 1250. The van der Waals surface area contributed by atoms with Crippen LogP contribution in [0.2, 0.25) is 0 Å². The Hall–Kier alpha value is -2.91. The molecular weight excluding hydrogens is 459 g/mol. The molecule has 1 saturated carbocycles. The van der Waals surface area contributed by atoms with Crippen molar-refractivity contribution in [1.29, 1.82) is 0 Å². The second-order valence-electron chi connectivity index (χ2n) is 8.86. The van der Waals surface area contributed by atoms with Gasteiger partial charge in [-0.05, 0) is 67.7 Å². The monoisotopic (exact) mass is 488 g/mol. The first-order valence-corrected chi connectivity index (χ1v) is 12.9. The van der Waals surface area contributed by atoms with Gasteiger partial charge in [0.1, 0.15) is 17.1 Å². The molecule has 0 amide bonds. The molecule has 2 aromatic rings. The van der Waals surface area contributed by atoms with Crippen LogP contribution in [0.1, 0.15) is 54.6 Å².